The van der Waals surface area contributed by atoms with E-state index in [0.717, 1.165) is 0 Å². The minimum absolute atomic E-state index is 0.118. The van der Waals surface area contributed by atoms with Gasteiger partial charge in [0.05, 0.1) is 12.2 Å². The quantitative estimate of drug-likeness (QED) is 0.844. The largest absolute Gasteiger partial charge is 0.465 e. The van der Waals surface area contributed by atoms with Gasteiger partial charge in [0.15, 0.2) is 0 Å². The summed E-state index contributed by atoms with van der Waals surface area (Å²) in [5, 5.41) is 0. The maximum absolute atomic E-state index is 12.9. The van der Waals surface area contributed by atoms with Gasteiger partial charge in [-0.3, -0.25) is 0 Å². The van der Waals surface area contributed by atoms with Crippen molar-refractivity contribution in [2.75, 3.05) is 27.3 Å². The zero-order valence-electron chi connectivity index (χ0n) is 12.8. The summed E-state index contributed by atoms with van der Waals surface area (Å²) in [4.78, 5) is 0.175. The van der Waals surface area contributed by atoms with E-state index >= 15 is 0 Å². The summed E-state index contributed by atoms with van der Waals surface area (Å²) in [7, 11) is -0.584. The first-order chi connectivity index (χ1) is 9.86. The molecule has 0 aromatic carbocycles. The predicted molar refractivity (Wildman–Crippen MR) is 76.4 cm³/mol. The van der Waals surface area contributed by atoms with Crippen LogP contribution in [0.3, 0.4) is 0 Å². The average molecular weight is 318 g/mol. The van der Waals surface area contributed by atoms with Crippen LogP contribution in [0, 0.1) is 13.8 Å². The van der Waals surface area contributed by atoms with E-state index in [9.17, 15) is 8.42 Å². The molecule has 2 heterocycles. The number of nitrogens with two attached hydrogens (primary N) is 1. The molecule has 2 rings (SSSR count). The van der Waals surface area contributed by atoms with Crippen molar-refractivity contribution in [3.05, 3.63) is 17.1 Å². The van der Waals surface area contributed by atoms with E-state index in [4.69, 9.17) is 19.6 Å². The van der Waals surface area contributed by atoms with Gasteiger partial charge in [0.25, 0.3) is 0 Å². The Morgan fingerprint density at radius 1 is 1.19 bits per heavy atom. The van der Waals surface area contributed by atoms with Crippen molar-refractivity contribution in [2.24, 2.45) is 5.73 Å². The second-order valence-corrected chi connectivity index (χ2v) is 6.97. The number of methoxy groups -OCH3 is 2. The van der Waals surface area contributed by atoms with E-state index in [1.165, 1.54) is 4.31 Å². The molecule has 0 radical (unpaired) electrons. The minimum Gasteiger partial charge on any atom is -0.465 e. The summed E-state index contributed by atoms with van der Waals surface area (Å²) in [6, 6.07) is 0. The molecule has 1 aromatic rings. The molecule has 1 aromatic heterocycles. The Kier molecular flexibility index (Phi) is 4.74. The van der Waals surface area contributed by atoms with Crippen molar-refractivity contribution >= 4 is 10.0 Å². The SMILES string of the molecule is COC1CN(S(=O)(=O)c2c(C)oc(C)c2CN)CC1OC. The molecule has 2 unspecified atom stereocenters. The zero-order valence-corrected chi connectivity index (χ0v) is 13.6. The molecule has 120 valence electrons. The molecule has 0 bridgehead atoms. The van der Waals surface area contributed by atoms with E-state index in [1.54, 1.807) is 28.1 Å². The highest BCUT2D eigenvalue weighted by Gasteiger charge is 2.42. The Morgan fingerprint density at radius 2 is 1.71 bits per heavy atom. The molecule has 8 heteroatoms. The van der Waals surface area contributed by atoms with Crippen molar-refractivity contribution in [3.8, 4) is 0 Å². The highest BCUT2D eigenvalue weighted by molar-refractivity contribution is 7.89. The molecule has 2 atom stereocenters. The monoisotopic (exact) mass is 318 g/mol. The van der Waals surface area contributed by atoms with E-state index in [2.05, 4.69) is 0 Å². The van der Waals surface area contributed by atoms with Crippen LogP contribution in [0.2, 0.25) is 0 Å². The Balaban J connectivity index is 2.40. The summed E-state index contributed by atoms with van der Waals surface area (Å²) in [5.41, 5.74) is 6.20. The fraction of sp³-hybridized carbons (Fsp3) is 0.692. The van der Waals surface area contributed by atoms with Gasteiger partial charge in [-0.1, -0.05) is 0 Å². The molecule has 1 fully saturated rings. The second kappa shape index (κ2) is 6.05. The normalized spacial score (nSPS) is 23.9. The smallest absolute Gasteiger partial charge is 0.247 e. The maximum Gasteiger partial charge on any atom is 0.247 e. The number of hydrogen-bond acceptors (Lipinski definition) is 6. The Hall–Kier alpha value is -0.930. The van der Waals surface area contributed by atoms with Gasteiger partial charge in [-0.05, 0) is 13.8 Å². The summed E-state index contributed by atoms with van der Waals surface area (Å²) in [6.45, 7) is 3.98. The molecule has 21 heavy (non-hydrogen) atoms. The van der Waals surface area contributed by atoms with Crippen molar-refractivity contribution in [2.45, 2.75) is 37.5 Å². The highest BCUT2D eigenvalue weighted by Crippen LogP contribution is 2.31. The Morgan fingerprint density at radius 3 is 2.14 bits per heavy atom. The summed E-state index contributed by atoms with van der Waals surface area (Å²) in [6.07, 6.45) is -0.557. The third-order valence-electron chi connectivity index (χ3n) is 3.91. The second-order valence-electron chi connectivity index (χ2n) is 5.10. The molecule has 1 aliphatic rings. The van der Waals surface area contributed by atoms with Gasteiger partial charge in [-0.2, -0.15) is 4.31 Å². The lowest BCUT2D eigenvalue weighted by Crippen LogP contribution is -2.31. The van der Waals surface area contributed by atoms with Crippen molar-refractivity contribution < 1.29 is 22.3 Å². The number of rotatable bonds is 5. The number of aryl methyl sites for hydroxylation is 2. The van der Waals surface area contributed by atoms with Crippen LogP contribution in [0.4, 0.5) is 0 Å². The highest BCUT2D eigenvalue weighted by atomic mass is 32.2. The van der Waals surface area contributed by atoms with Crippen LogP contribution in [0.15, 0.2) is 9.31 Å². The first kappa shape index (κ1) is 16.4. The van der Waals surface area contributed by atoms with Gasteiger partial charge in [-0.15, -0.1) is 0 Å². The molecular formula is C13H22N2O5S. The van der Waals surface area contributed by atoms with Gasteiger partial charge in [0, 0.05) is 39.4 Å². The number of sulfonamides is 1. The maximum atomic E-state index is 12.9. The molecule has 0 saturated carbocycles. The molecule has 7 nitrogen and oxygen atoms in total. The van der Waals surface area contributed by atoms with E-state index < -0.39 is 10.0 Å². The van der Waals surface area contributed by atoms with Crippen LogP contribution in [-0.2, 0) is 26.0 Å². The van der Waals surface area contributed by atoms with Crippen LogP contribution in [0.1, 0.15) is 17.1 Å². The molecule has 2 N–H and O–H groups in total. The third kappa shape index (κ3) is 2.74. The first-order valence-corrected chi connectivity index (χ1v) is 8.15. The van der Waals surface area contributed by atoms with E-state index in [1.807, 2.05) is 0 Å². The van der Waals surface area contributed by atoms with Gasteiger partial charge in [0.2, 0.25) is 10.0 Å². The van der Waals surface area contributed by atoms with Gasteiger partial charge < -0.3 is 19.6 Å². The topological polar surface area (TPSA) is 95.0 Å². The fourth-order valence-electron chi connectivity index (χ4n) is 2.77. The summed E-state index contributed by atoms with van der Waals surface area (Å²) in [5.74, 6) is 0.905. The summed E-state index contributed by atoms with van der Waals surface area (Å²) >= 11 is 0. The average Bonchev–Trinajstić information content (AvgIpc) is 2.99. The number of hydrogen-bond donors (Lipinski definition) is 1. The predicted octanol–water partition coefficient (Wildman–Crippen LogP) is 0.389. The van der Waals surface area contributed by atoms with Crippen molar-refractivity contribution in [1.82, 2.24) is 4.31 Å². The van der Waals surface area contributed by atoms with Gasteiger partial charge >= 0.3 is 0 Å². The standard InChI is InChI=1S/C13H22N2O5S/c1-8-10(5-14)13(9(2)20-8)21(16,17)15-6-11(18-3)12(7-15)19-4/h11-12H,5-7,14H2,1-4H3. The van der Waals surface area contributed by atoms with Crippen molar-refractivity contribution in [1.29, 1.82) is 0 Å². The lowest BCUT2D eigenvalue weighted by atomic mass is 10.2. The van der Waals surface area contributed by atoms with Crippen LogP contribution >= 0.6 is 0 Å². The lowest BCUT2D eigenvalue weighted by Gasteiger charge is -2.16. The van der Waals surface area contributed by atoms with Gasteiger partial charge in [0.1, 0.15) is 16.4 Å². The first-order valence-electron chi connectivity index (χ1n) is 6.71. The number of nitrogens with zero attached hydrogens (tertiary/aromatic N) is 1. The van der Waals surface area contributed by atoms with Crippen LogP contribution in [0.5, 0.6) is 0 Å². The van der Waals surface area contributed by atoms with Crippen LogP contribution < -0.4 is 5.73 Å². The molecule has 1 aliphatic heterocycles. The minimum atomic E-state index is -3.68. The number of ether oxygens (including phenoxy) is 2. The Labute approximate surface area is 125 Å². The van der Waals surface area contributed by atoms with Gasteiger partial charge in [-0.25, -0.2) is 8.42 Å². The third-order valence-corrected chi connectivity index (χ3v) is 5.94. The lowest BCUT2D eigenvalue weighted by molar-refractivity contribution is -0.00461. The number of furan rings is 1. The van der Waals surface area contributed by atoms with Crippen LogP contribution in [0.25, 0.3) is 0 Å². The van der Waals surface area contributed by atoms with E-state index in [0.29, 0.717) is 17.1 Å². The van der Waals surface area contributed by atoms with Crippen LogP contribution in [-0.4, -0.2) is 52.2 Å². The Bertz CT molecular complexity index is 598. The van der Waals surface area contributed by atoms with E-state index in [-0.39, 0.29) is 36.7 Å². The molecular weight excluding hydrogens is 296 g/mol. The molecule has 0 spiro atoms. The fourth-order valence-corrected chi connectivity index (χ4v) is 4.66. The zero-order chi connectivity index (χ0) is 15.8. The van der Waals surface area contributed by atoms with Crippen molar-refractivity contribution in [3.63, 3.8) is 0 Å². The molecule has 0 aliphatic carbocycles. The summed E-state index contributed by atoms with van der Waals surface area (Å²) < 4.78 is 43.1. The molecule has 0 amide bonds. The molecule has 1 saturated heterocycles.